The minimum absolute atomic E-state index is 0.0837. The third-order valence-corrected chi connectivity index (χ3v) is 6.14. The molecule has 0 aliphatic carbocycles. The van der Waals surface area contributed by atoms with Gasteiger partial charge in [0.05, 0.1) is 18.2 Å². The second-order valence-corrected chi connectivity index (χ2v) is 8.12. The molecule has 2 aliphatic rings. The summed E-state index contributed by atoms with van der Waals surface area (Å²) in [5, 5.41) is 3.06. The summed E-state index contributed by atoms with van der Waals surface area (Å²) in [5.41, 5.74) is 2.18. The monoisotopic (exact) mass is 394 g/mol. The van der Waals surface area contributed by atoms with Crippen molar-refractivity contribution >= 4 is 5.91 Å². The van der Waals surface area contributed by atoms with Crippen molar-refractivity contribution in [3.8, 4) is 0 Å². The molecule has 1 amide bonds. The average molecular weight is 395 g/mol. The Morgan fingerprint density at radius 1 is 1.03 bits per heavy atom. The largest absolute Gasteiger partial charge is 0.350 e. The summed E-state index contributed by atoms with van der Waals surface area (Å²) < 4.78 is 0. The first kappa shape index (κ1) is 19.9. The zero-order valence-electron chi connectivity index (χ0n) is 16.9. The highest BCUT2D eigenvalue weighted by atomic mass is 16.1. The highest BCUT2D eigenvalue weighted by Crippen LogP contribution is 2.24. The quantitative estimate of drug-likeness (QED) is 0.806. The van der Waals surface area contributed by atoms with Gasteiger partial charge in [-0.2, -0.15) is 0 Å². The number of aromatic nitrogens is 3. The summed E-state index contributed by atoms with van der Waals surface area (Å²) in [6.45, 7) is 5.71. The lowest BCUT2D eigenvalue weighted by Crippen LogP contribution is -2.50. The van der Waals surface area contributed by atoms with Gasteiger partial charge in [0.15, 0.2) is 0 Å². The van der Waals surface area contributed by atoms with Gasteiger partial charge in [0, 0.05) is 37.7 Å². The number of likely N-dealkylation sites (tertiary alicyclic amines) is 2. The van der Waals surface area contributed by atoms with Crippen molar-refractivity contribution < 1.29 is 4.79 Å². The first-order valence-electron chi connectivity index (χ1n) is 10.7. The van der Waals surface area contributed by atoms with Crippen molar-refractivity contribution in [3.05, 3.63) is 54.4 Å². The van der Waals surface area contributed by atoms with Crippen LogP contribution in [0.25, 0.3) is 0 Å². The van der Waals surface area contributed by atoms with Crippen LogP contribution in [-0.2, 0) is 17.9 Å². The van der Waals surface area contributed by atoms with Crippen molar-refractivity contribution in [2.24, 2.45) is 5.92 Å². The zero-order chi connectivity index (χ0) is 19.9. The van der Waals surface area contributed by atoms with Crippen LogP contribution in [0.5, 0.6) is 0 Å². The van der Waals surface area contributed by atoms with E-state index in [1.54, 1.807) is 6.20 Å². The average Bonchev–Trinajstić information content (AvgIpc) is 2.79. The fourth-order valence-corrected chi connectivity index (χ4v) is 4.49. The summed E-state index contributed by atoms with van der Waals surface area (Å²) in [7, 11) is 0. The molecule has 0 saturated carbocycles. The molecular formula is C22H30N6O. The van der Waals surface area contributed by atoms with Gasteiger partial charge in [0.1, 0.15) is 6.33 Å². The standard InChI is InChI=1S/C22H30N6O/c29-22(25-14-20-5-10-24-17-26-20)19-2-1-11-28(16-19)21-6-12-27(13-7-21)15-18-3-8-23-9-4-18/h3-5,8-10,17,19,21H,1-2,6-7,11-16H2,(H,25,29)/t19-/m1/s1. The van der Waals surface area contributed by atoms with Crippen molar-refractivity contribution in [2.75, 3.05) is 26.2 Å². The second kappa shape index (κ2) is 9.89. The molecule has 0 radical (unpaired) electrons. The predicted molar refractivity (Wildman–Crippen MR) is 111 cm³/mol. The van der Waals surface area contributed by atoms with Crippen LogP contribution in [0, 0.1) is 5.92 Å². The summed E-state index contributed by atoms with van der Waals surface area (Å²) >= 11 is 0. The Morgan fingerprint density at radius 3 is 2.59 bits per heavy atom. The number of nitrogens with one attached hydrogen (secondary N) is 1. The maximum absolute atomic E-state index is 12.7. The Morgan fingerprint density at radius 2 is 1.83 bits per heavy atom. The molecule has 4 rings (SSSR count). The smallest absolute Gasteiger partial charge is 0.224 e. The fourth-order valence-electron chi connectivity index (χ4n) is 4.49. The number of hydrogen-bond acceptors (Lipinski definition) is 6. The van der Waals surface area contributed by atoms with Crippen LogP contribution in [0.1, 0.15) is 36.9 Å². The first-order valence-corrected chi connectivity index (χ1v) is 10.7. The van der Waals surface area contributed by atoms with Crippen molar-refractivity contribution in [1.82, 2.24) is 30.1 Å². The number of hydrogen-bond donors (Lipinski definition) is 1. The maximum Gasteiger partial charge on any atom is 0.224 e. The molecule has 154 valence electrons. The number of nitrogens with zero attached hydrogens (tertiary/aromatic N) is 5. The van der Waals surface area contributed by atoms with Crippen LogP contribution in [0.15, 0.2) is 43.1 Å². The van der Waals surface area contributed by atoms with E-state index in [2.05, 4.69) is 42.2 Å². The van der Waals surface area contributed by atoms with E-state index >= 15 is 0 Å². The minimum Gasteiger partial charge on any atom is -0.350 e. The molecule has 7 nitrogen and oxygen atoms in total. The molecule has 2 aromatic rings. The van der Waals surface area contributed by atoms with E-state index in [4.69, 9.17) is 0 Å². The third kappa shape index (κ3) is 5.58. The van der Waals surface area contributed by atoms with Crippen LogP contribution in [-0.4, -0.2) is 62.9 Å². The highest BCUT2D eigenvalue weighted by Gasteiger charge is 2.31. The molecule has 0 unspecified atom stereocenters. The molecule has 4 heterocycles. The lowest BCUT2D eigenvalue weighted by atomic mass is 9.93. The predicted octanol–water partition coefficient (Wildman–Crippen LogP) is 1.86. The Balaban J connectivity index is 1.23. The van der Waals surface area contributed by atoms with Crippen LogP contribution >= 0.6 is 0 Å². The van der Waals surface area contributed by atoms with E-state index in [0.717, 1.165) is 51.3 Å². The molecule has 0 aromatic carbocycles. The normalized spacial score (nSPS) is 21.7. The first-order chi connectivity index (χ1) is 14.3. The van der Waals surface area contributed by atoms with E-state index in [1.165, 1.54) is 24.7 Å². The van der Waals surface area contributed by atoms with Gasteiger partial charge < -0.3 is 5.32 Å². The molecule has 2 aromatic heterocycles. The molecule has 29 heavy (non-hydrogen) atoms. The van der Waals surface area contributed by atoms with Gasteiger partial charge >= 0.3 is 0 Å². The van der Waals surface area contributed by atoms with Crippen molar-refractivity contribution in [1.29, 1.82) is 0 Å². The SMILES string of the molecule is O=C(NCc1ccncn1)[C@@H]1CCCN(C2CCN(Cc3ccncc3)CC2)C1. The van der Waals surface area contributed by atoms with E-state index in [-0.39, 0.29) is 11.8 Å². The zero-order valence-corrected chi connectivity index (χ0v) is 16.9. The number of carbonyl (C=O) groups is 1. The Labute approximate surface area is 172 Å². The minimum atomic E-state index is 0.0837. The van der Waals surface area contributed by atoms with Gasteiger partial charge in [0.2, 0.25) is 5.91 Å². The van der Waals surface area contributed by atoms with Gasteiger partial charge in [-0.05, 0) is 69.1 Å². The van der Waals surface area contributed by atoms with E-state index in [9.17, 15) is 4.79 Å². The third-order valence-electron chi connectivity index (χ3n) is 6.14. The van der Waals surface area contributed by atoms with Gasteiger partial charge in [-0.3, -0.25) is 19.6 Å². The number of piperidine rings is 2. The summed E-state index contributed by atoms with van der Waals surface area (Å²) in [4.78, 5) is 29.9. The van der Waals surface area contributed by atoms with Crippen molar-refractivity contribution in [2.45, 2.75) is 44.8 Å². The maximum atomic E-state index is 12.7. The highest BCUT2D eigenvalue weighted by molar-refractivity contribution is 5.78. The Bertz CT molecular complexity index is 763. The molecule has 2 fully saturated rings. The van der Waals surface area contributed by atoms with Crippen molar-refractivity contribution in [3.63, 3.8) is 0 Å². The molecular weight excluding hydrogens is 364 g/mol. The van der Waals surface area contributed by atoms with Crippen LogP contribution in [0.3, 0.4) is 0 Å². The van der Waals surface area contributed by atoms with Crippen LogP contribution in [0.2, 0.25) is 0 Å². The fraction of sp³-hybridized carbons (Fsp3) is 0.545. The summed E-state index contributed by atoms with van der Waals surface area (Å²) in [6, 6.07) is 6.64. The Kier molecular flexibility index (Phi) is 6.79. The lowest BCUT2D eigenvalue weighted by Gasteiger charge is -2.42. The lowest BCUT2D eigenvalue weighted by molar-refractivity contribution is -0.127. The molecule has 2 aliphatic heterocycles. The van der Waals surface area contributed by atoms with Gasteiger partial charge in [-0.1, -0.05) is 0 Å². The van der Waals surface area contributed by atoms with E-state index in [1.807, 2.05) is 18.5 Å². The molecule has 0 spiro atoms. The molecule has 0 bridgehead atoms. The van der Waals surface area contributed by atoms with Crippen LogP contribution in [0.4, 0.5) is 0 Å². The number of rotatable bonds is 6. The van der Waals surface area contributed by atoms with Gasteiger partial charge in [-0.15, -0.1) is 0 Å². The second-order valence-electron chi connectivity index (χ2n) is 8.12. The van der Waals surface area contributed by atoms with E-state index < -0.39 is 0 Å². The van der Waals surface area contributed by atoms with E-state index in [0.29, 0.717) is 12.6 Å². The molecule has 2 saturated heterocycles. The topological polar surface area (TPSA) is 74.2 Å². The summed E-state index contributed by atoms with van der Waals surface area (Å²) in [6.07, 6.45) is 11.4. The molecule has 1 N–H and O–H groups in total. The molecule has 7 heteroatoms. The van der Waals surface area contributed by atoms with Gasteiger partial charge in [-0.25, -0.2) is 9.97 Å². The number of pyridine rings is 1. The Hall–Kier alpha value is -2.38. The number of amides is 1. The molecule has 1 atom stereocenters. The van der Waals surface area contributed by atoms with Crippen LogP contribution < -0.4 is 5.32 Å². The summed E-state index contributed by atoms with van der Waals surface area (Å²) in [5.74, 6) is 0.240. The number of carbonyl (C=O) groups excluding carboxylic acids is 1. The van der Waals surface area contributed by atoms with Gasteiger partial charge in [0.25, 0.3) is 0 Å².